The summed E-state index contributed by atoms with van der Waals surface area (Å²) >= 11 is 0. The molecule has 0 aromatic carbocycles. The van der Waals surface area contributed by atoms with Gasteiger partial charge in [-0.05, 0) is 0 Å². The van der Waals surface area contributed by atoms with Crippen LogP contribution in [0.4, 0.5) is 3.89 Å². The van der Waals surface area contributed by atoms with E-state index in [0.29, 0.717) is 0 Å². The molecule has 0 aliphatic carbocycles. The van der Waals surface area contributed by atoms with Crippen LogP contribution in [0, 0.1) is 0 Å². The molecule has 0 aliphatic heterocycles. The summed E-state index contributed by atoms with van der Waals surface area (Å²) in [6.07, 6.45) is 0.873. The number of carbonyl (C=O) groups is 1. The van der Waals surface area contributed by atoms with E-state index in [1.165, 1.54) is 0 Å². The first-order valence-corrected chi connectivity index (χ1v) is 4.41. The lowest BCUT2D eigenvalue weighted by Gasteiger charge is -1.95. The number of methoxy groups -OCH3 is 1. The summed E-state index contributed by atoms with van der Waals surface area (Å²) in [6, 6.07) is 0. The Morgan fingerprint density at radius 2 is 2.31 bits per heavy atom. The molecular formula is C5H5FN2O4S. The Morgan fingerprint density at radius 1 is 1.69 bits per heavy atom. The van der Waals surface area contributed by atoms with Gasteiger partial charge in [-0.2, -0.15) is 13.5 Å². The van der Waals surface area contributed by atoms with Gasteiger partial charge < -0.3 is 4.74 Å². The van der Waals surface area contributed by atoms with E-state index in [1.807, 2.05) is 5.10 Å². The lowest BCUT2D eigenvalue weighted by molar-refractivity contribution is 0.0596. The summed E-state index contributed by atoms with van der Waals surface area (Å²) in [4.78, 5) is 10.8. The molecule has 1 rings (SSSR count). The molecular weight excluding hydrogens is 203 g/mol. The van der Waals surface area contributed by atoms with Gasteiger partial charge in [-0.15, -0.1) is 0 Å². The Bertz CT molecular complexity index is 423. The van der Waals surface area contributed by atoms with Gasteiger partial charge >= 0.3 is 16.2 Å². The van der Waals surface area contributed by atoms with Crippen molar-refractivity contribution >= 4 is 16.2 Å². The molecule has 1 heterocycles. The van der Waals surface area contributed by atoms with Crippen LogP contribution in [0.2, 0.25) is 0 Å². The third kappa shape index (κ3) is 1.83. The smallest absolute Gasteiger partial charge is 0.350 e. The molecule has 0 saturated carbocycles. The molecule has 1 N–H and O–H groups in total. The van der Waals surface area contributed by atoms with Gasteiger partial charge in [-0.3, -0.25) is 5.10 Å². The van der Waals surface area contributed by atoms with E-state index in [0.717, 1.165) is 13.3 Å². The van der Waals surface area contributed by atoms with Crippen molar-refractivity contribution in [3.05, 3.63) is 11.8 Å². The number of aromatic nitrogens is 2. The van der Waals surface area contributed by atoms with Crippen molar-refractivity contribution in [1.29, 1.82) is 0 Å². The van der Waals surface area contributed by atoms with Crippen molar-refractivity contribution in [3.8, 4) is 0 Å². The van der Waals surface area contributed by atoms with Crippen LogP contribution in [0.15, 0.2) is 11.2 Å². The van der Waals surface area contributed by atoms with E-state index in [4.69, 9.17) is 0 Å². The first-order chi connectivity index (χ1) is 5.96. The standard InChI is InChI=1S/C5H5FN2O4S/c1-12-5(9)3-2-7-8-4(3)13(6,10)11/h2H,1H3,(H,7,8). The minimum Gasteiger partial charge on any atom is -0.465 e. The molecule has 0 unspecified atom stereocenters. The summed E-state index contributed by atoms with van der Waals surface area (Å²) in [7, 11) is -3.92. The molecule has 1 aromatic heterocycles. The lowest BCUT2D eigenvalue weighted by atomic mass is 10.4. The van der Waals surface area contributed by atoms with Gasteiger partial charge in [0.2, 0.25) is 0 Å². The summed E-state index contributed by atoms with van der Waals surface area (Å²) in [5.41, 5.74) is -0.454. The summed E-state index contributed by atoms with van der Waals surface area (Å²) < 4.78 is 37.4. The van der Waals surface area contributed by atoms with E-state index in [2.05, 4.69) is 9.84 Å². The molecule has 13 heavy (non-hydrogen) atoms. The Morgan fingerprint density at radius 3 is 2.77 bits per heavy atom. The maximum Gasteiger partial charge on any atom is 0.350 e. The fourth-order valence-electron chi connectivity index (χ4n) is 0.716. The highest BCUT2D eigenvalue weighted by Crippen LogP contribution is 2.14. The fraction of sp³-hybridized carbons (Fsp3) is 0.200. The third-order valence-electron chi connectivity index (χ3n) is 1.25. The number of nitrogens with one attached hydrogen (secondary N) is 1. The SMILES string of the molecule is COC(=O)c1cn[nH]c1S(=O)(=O)F. The first-order valence-electron chi connectivity index (χ1n) is 3.03. The molecule has 0 saturated heterocycles. The molecule has 0 bridgehead atoms. The van der Waals surface area contributed by atoms with Crippen LogP contribution in [0.25, 0.3) is 0 Å². The zero-order valence-electron chi connectivity index (χ0n) is 6.44. The average Bonchev–Trinajstić information content (AvgIpc) is 2.49. The molecule has 0 atom stereocenters. The molecule has 0 aliphatic rings. The van der Waals surface area contributed by atoms with Crippen molar-refractivity contribution in [2.24, 2.45) is 0 Å². The van der Waals surface area contributed by atoms with Crippen LogP contribution < -0.4 is 0 Å². The van der Waals surface area contributed by atoms with Gasteiger partial charge in [0.15, 0.2) is 5.03 Å². The molecule has 0 radical (unpaired) electrons. The number of hydrogen-bond acceptors (Lipinski definition) is 5. The van der Waals surface area contributed by atoms with Crippen LogP contribution in [0.3, 0.4) is 0 Å². The molecule has 0 spiro atoms. The highest BCUT2D eigenvalue weighted by Gasteiger charge is 2.24. The predicted octanol–water partition coefficient (Wildman–Crippen LogP) is -0.146. The van der Waals surface area contributed by atoms with E-state index in [-0.39, 0.29) is 0 Å². The number of halogens is 1. The Hall–Kier alpha value is -1.44. The number of H-pyrrole nitrogens is 1. The normalized spacial score (nSPS) is 11.2. The van der Waals surface area contributed by atoms with Crippen LogP contribution in [-0.4, -0.2) is 31.7 Å². The minimum absolute atomic E-state index is 0.454. The molecule has 8 heteroatoms. The van der Waals surface area contributed by atoms with Gasteiger partial charge in [0.05, 0.1) is 13.3 Å². The maximum absolute atomic E-state index is 12.4. The second-order valence-electron chi connectivity index (χ2n) is 2.04. The van der Waals surface area contributed by atoms with Crippen LogP contribution in [0.5, 0.6) is 0 Å². The van der Waals surface area contributed by atoms with Crippen LogP contribution in [0.1, 0.15) is 10.4 Å². The fourth-order valence-corrected chi connectivity index (χ4v) is 1.28. The lowest BCUT2D eigenvalue weighted by Crippen LogP contribution is -2.05. The molecule has 1 aromatic rings. The second-order valence-corrected chi connectivity index (χ2v) is 3.33. The van der Waals surface area contributed by atoms with Crippen molar-refractivity contribution in [2.75, 3.05) is 7.11 Å². The van der Waals surface area contributed by atoms with Crippen molar-refractivity contribution in [3.63, 3.8) is 0 Å². The van der Waals surface area contributed by atoms with E-state index in [1.54, 1.807) is 0 Å². The number of rotatable bonds is 2. The maximum atomic E-state index is 12.4. The van der Waals surface area contributed by atoms with Crippen LogP contribution >= 0.6 is 0 Å². The van der Waals surface area contributed by atoms with Gasteiger partial charge in [-0.25, -0.2) is 4.79 Å². The Balaban J connectivity index is 3.26. The van der Waals surface area contributed by atoms with Gasteiger partial charge in [0, 0.05) is 0 Å². The van der Waals surface area contributed by atoms with E-state index >= 15 is 0 Å². The van der Waals surface area contributed by atoms with E-state index in [9.17, 15) is 17.1 Å². The number of nitrogens with zero attached hydrogens (tertiary/aromatic N) is 1. The summed E-state index contributed by atoms with van der Waals surface area (Å²) in [5.74, 6) is -0.968. The predicted molar refractivity (Wildman–Crippen MR) is 38.2 cm³/mol. The Labute approximate surface area is 72.9 Å². The first kappa shape index (κ1) is 9.65. The number of ether oxygens (including phenoxy) is 1. The zero-order valence-corrected chi connectivity index (χ0v) is 7.26. The van der Waals surface area contributed by atoms with Crippen molar-refractivity contribution in [2.45, 2.75) is 5.03 Å². The molecule has 72 valence electrons. The molecule has 6 nitrogen and oxygen atoms in total. The van der Waals surface area contributed by atoms with Gasteiger partial charge in [-0.1, -0.05) is 3.89 Å². The third-order valence-corrected chi connectivity index (χ3v) is 2.05. The largest absolute Gasteiger partial charge is 0.465 e. The molecule has 0 fully saturated rings. The number of carbonyl (C=O) groups excluding carboxylic acids is 1. The van der Waals surface area contributed by atoms with Gasteiger partial charge in [0.1, 0.15) is 5.56 Å². The number of hydrogen-bond donors (Lipinski definition) is 1. The zero-order chi connectivity index (χ0) is 10.1. The van der Waals surface area contributed by atoms with Crippen molar-refractivity contribution < 1.29 is 21.8 Å². The molecule has 0 amide bonds. The highest BCUT2D eigenvalue weighted by molar-refractivity contribution is 7.86. The average molecular weight is 208 g/mol. The summed E-state index contributed by atoms with van der Waals surface area (Å²) in [5, 5.41) is 4.17. The topological polar surface area (TPSA) is 89.1 Å². The second kappa shape index (κ2) is 3.13. The minimum atomic E-state index is -4.96. The van der Waals surface area contributed by atoms with Gasteiger partial charge in [0.25, 0.3) is 0 Å². The quantitative estimate of drug-likeness (QED) is 0.539. The monoisotopic (exact) mass is 208 g/mol. The Kier molecular flexibility index (Phi) is 2.32. The van der Waals surface area contributed by atoms with Crippen LogP contribution in [-0.2, 0) is 15.0 Å². The van der Waals surface area contributed by atoms with Crippen molar-refractivity contribution in [1.82, 2.24) is 10.2 Å². The highest BCUT2D eigenvalue weighted by atomic mass is 32.3. The number of esters is 1. The number of aromatic amines is 1. The van der Waals surface area contributed by atoms with E-state index < -0.39 is 26.8 Å². The summed E-state index contributed by atoms with van der Waals surface area (Å²) in [6.45, 7) is 0.